The molecule has 5 rings (SSSR count). The van der Waals surface area contributed by atoms with Crippen molar-refractivity contribution >= 4 is 23.4 Å². The molecule has 0 radical (unpaired) electrons. The number of likely N-dealkylation sites (tertiary alicyclic amines) is 1. The number of carbonyl (C=O) groups is 3. The third-order valence-corrected chi connectivity index (χ3v) is 6.60. The van der Waals surface area contributed by atoms with Gasteiger partial charge in [0.25, 0.3) is 17.7 Å². The van der Waals surface area contributed by atoms with Crippen LogP contribution in [0.2, 0.25) is 0 Å². The number of hydrogen-bond acceptors (Lipinski definition) is 5. The van der Waals surface area contributed by atoms with Crippen molar-refractivity contribution in [3.63, 3.8) is 0 Å². The van der Waals surface area contributed by atoms with Crippen LogP contribution in [0.5, 0.6) is 0 Å². The minimum absolute atomic E-state index is 0.0150. The van der Waals surface area contributed by atoms with Crippen LogP contribution in [0.25, 0.3) is 0 Å². The number of amides is 3. The van der Waals surface area contributed by atoms with E-state index in [0.29, 0.717) is 11.3 Å². The minimum Gasteiger partial charge on any atom is -0.335 e. The topological polar surface area (TPSA) is 83.5 Å². The molecule has 3 heterocycles. The fourth-order valence-electron chi connectivity index (χ4n) is 5.83. The second kappa shape index (κ2) is 6.20. The average molecular weight is 404 g/mol. The number of carbonyl (C=O) groups excluding carboxylic acids is 3. The molecule has 0 N–H and O–H groups in total. The Labute approximate surface area is 175 Å². The summed E-state index contributed by atoms with van der Waals surface area (Å²) in [4.78, 5) is 49.3. The summed E-state index contributed by atoms with van der Waals surface area (Å²) in [5, 5.41) is 0. The lowest BCUT2D eigenvalue weighted by atomic mass is 9.65. The first-order chi connectivity index (χ1) is 14.2. The van der Waals surface area contributed by atoms with E-state index < -0.39 is 11.8 Å². The number of anilines is 1. The number of imide groups is 1. The number of hydrogen-bond donors (Lipinski definition) is 0. The van der Waals surface area contributed by atoms with E-state index >= 15 is 0 Å². The van der Waals surface area contributed by atoms with Gasteiger partial charge in [-0.3, -0.25) is 14.4 Å². The Morgan fingerprint density at radius 3 is 2.50 bits per heavy atom. The lowest BCUT2D eigenvalue weighted by Gasteiger charge is -2.39. The van der Waals surface area contributed by atoms with Crippen molar-refractivity contribution in [2.45, 2.75) is 46.1 Å². The molecular weight excluding hydrogens is 380 g/mol. The first kappa shape index (κ1) is 18.9. The van der Waals surface area contributed by atoms with E-state index in [-0.39, 0.29) is 34.0 Å². The van der Waals surface area contributed by atoms with Gasteiger partial charge in [0.2, 0.25) is 0 Å². The minimum atomic E-state index is -0.472. The molecule has 3 amide bonds. The van der Waals surface area contributed by atoms with E-state index in [2.05, 4.69) is 30.7 Å². The van der Waals surface area contributed by atoms with Crippen LogP contribution in [-0.2, 0) is 0 Å². The van der Waals surface area contributed by atoms with Crippen molar-refractivity contribution < 1.29 is 14.4 Å². The van der Waals surface area contributed by atoms with Gasteiger partial charge in [0.05, 0.1) is 11.3 Å². The molecule has 2 fully saturated rings. The first-order valence-electron chi connectivity index (χ1n) is 10.3. The van der Waals surface area contributed by atoms with Crippen molar-refractivity contribution in [3.05, 3.63) is 53.6 Å². The van der Waals surface area contributed by atoms with Crippen LogP contribution >= 0.6 is 0 Å². The number of aromatic nitrogens is 2. The van der Waals surface area contributed by atoms with Gasteiger partial charge >= 0.3 is 0 Å². The highest BCUT2D eigenvalue weighted by Crippen LogP contribution is 2.52. The summed E-state index contributed by atoms with van der Waals surface area (Å²) in [5.74, 6) is -0.903. The summed E-state index contributed by atoms with van der Waals surface area (Å²) < 4.78 is 0. The maximum absolute atomic E-state index is 13.2. The molecule has 2 aliphatic heterocycles. The Kier molecular flexibility index (Phi) is 3.91. The van der Waals surface area contributed by atoms with Crippen LogP contribution in [0, 0.1) is 10.8 Å². The van der Waals surface area contributed by atoms with Gasteiger partial charge in [-0.15, -0.1) is 0 Å². The van der Waals surface area contributed by atoms with Crippen LogP contribution in [0.4, 0.5) is 5.69 Å². The zero-order valence-electron chi connectivity index (χ0n) is 17.4. The van der Waals surface area contributed by atoms with Gasteiger partial charge in [-0.25, -0.2) is 14.9 Å². The zero-order chi connectivity index (χ0) is 21.3. The van der Waals surface area contributed by atoms with Crippen molar-refractivity contribution in [2.75, 3.05) is 11.4 Å². The highest BCUT2D eigenvalue weighted by Gasteiger charge is 2.51. The van der Waals surface area contributed by atoms with E-state index in [1.165, 1.54) is 12.5 Å². The molecule has 2 bridgehead atoms. The molecule has 1 saturated carbocycles. The maximum atomic E-state index is 13.2. The van der Waals surface area contributed by atoms with Gasteiger partial charge in [-0.05, 0) is 54.4 Å². The Balaban J connectivity index is 1.38. The molecule has 1 saturated heterocycles. The Bertz CT molecular complexity index is 1040. The second-order valence-corrected chi connectivity index (χ2v) is 9.92. The lowest BCUT2D eigenvalue weighted by molar-refractivity contribution is 0.0708. The van der Waals surface area contributed by atoms with E-state index in [1.807, 2.05) is 4.90 Å². The summed E-state index contributed by atoms with van der Waals surface area (Å²) in [6.45, 7) is 7.63. The number of fused-ring (bicyclic) bond motifs is 3. The smallest absolute Gasteiger partial charge is 0.284 e. The summed E-state index contributed by atoms with van der Waals surface area (Å²) in [7, 11) is 0. The van der Waals surface area contributed by atoms with Gasteiger partial charge < -0.3 is 4.90 Å². The number of benzene rings is 1. The molecule has 3 aliphatic rings. The Morgan fingerprint density at radius 1 is 1.07 bits per heavy atom. The van der Waals surface area contributed by atoms with E-state index in [4.69, 9.17) is 0 Å². The maximum Gasteiger partial charge on any atom is 0.284 e. The third-order valence-electron chi connectivity index (χ3n) is 6.60. The van der Waals surface area contributed by atoms with Crippen LogP contribution in [-0.4, -0.2) is 45.2 Å². The molecule has 2 atom stereocenters. The summed E-state index contributed by atoms with van der Waals surface area (Å²) in [6, 6.07) is 6.96. The summed E-state index contributed by atoms with van der Waals surface area (Å²) in [6.07, 6.45) is 5.80. The van der Waals surface area contributed by atoms with E-state index in [9.17, 15) is 14.4 Å². The van der Waals surface area contributed by atoms with Crippen molar-refractivity contribution in [3.8, 4) is 0 Å². The molecule has 2 aromatic rings. The quantitative estimate of drug-likeness (QED) is 0.717. The van der Waals surface area contributed by atoms with Gasteiger partial charge in [0.15, 0.2) is 0 Å². The predicted molar refractivity (Wildman–Crippen MR) is 110 cm³/mol. The van der Waals surface area contributed by atoms with Crippen molar-refractivity contribution in [2.24, 2.45) is 10.8 Å². The molecule has 7 heteroatoms. The molecule has 154 valence electrons. The van der Waals surface area contributed by atoms with Crippen LogP contribution in [0.3, 0.4) is 0 Å². The fourth-order valence-corrected chi connectivity index (χ4v) is 5.83. The lowest BCUT2D eigenvalue weighted by Crippen LogP contribution is -2.37. The third kappa shape index (κ3) is 2.83. The highest BCUT2D eigenvalue weighted by molar-refractivity contribution is 6.33. The molecule has 0 unspecified atom stereocenters. The fraction of sp³-hybridized carbons (Fsp3) is 0.435. The molecule has 30 heavy (non-hydrogen) atoms. The van der Waals surface area contributed by atoms with Crippen molar-refractivity contribution in [1.82, 2.24) is 14.9 Å². The molecule has 0 spiro atoms. The number of nitrogens with zero attached hydrogens (tertiary/aromatic N) is 4. The Hall–Kier alpha value is -3.09. The van der Waals surface area contributed by atoms with Gasteiger partial charge in [-0.1, -0.05) is 20.8 Å². The average Bonchev–Trinajstić information content (AvgIpc) is 3.10. The molecule has 1 aliphatic carbocycles. The van der Waals surface area contributed by atoms with Gasteiger partial charge in [0, 0.05) is 24.3 Å². The summed E-state index contributed by atoms with van der Waals surface area (Å²) >= 11 is 0. The van der Waals surface area contributed by atoms with Gasteiger partial charge in [-0.2, -0.15) is 0 Å². The van der Waals surface area contributed by atoms with Crippen LogP contribution in [0.1, 0.15) is 71.2 Å². The highest BCUT2D eigenvalue weighted by atomic mass is 16.2. The standard InChI is InChI=1S/C23H24N4O3/c1-22(2)8-16-9-23(3,11-22)12-26(16)19(28)14-4-6-15(7-5-14)27-20(29)17-10-24-13-25-18(17)21(27)30/h4-7,10,13,16H,8-9,11-12H2,1-3H3/t16-,23+/m0/s1. The number of rotatable bonds is 2. The zero-order valence-corrected chi connectivity index (χ0v) is 17.4. The SMILES string of the molecule is CC1(C)C[C@H]2C[C@@](C)(CN2C(=O)c2ccc(N3C(=O)c4cncnc4C3=O)cc2)C1. The van der Waals surface area contributed by atoms with E-state index in [1.54, 1.807) is 24.3 Å². The van der Waals surface area contributed by atoms with Crippen LogP contribution in [0.15, 0.2) is 36.8 Å². The Morgan fingerprint density at radius 2 is 1.80 bits per heavy atom. The molecular formula is C23H24N4O3. The molecule has 1 aromatic carbocycles. The summed E-state index contributed by atoms with van der Waals surface area (Å²) in [5.41, 5.74) is 1.71. The van der Waals surface area contributed by atoms with Crippen LogP contribution < -0.4 is 4.90 Å². The molecule has 1 aromatic heterocycles. The second-order valence-electron chi connectivity index (χ2n) is 9.92. The largest absolute Gasteiger partial charge is 0.335 e. The molecule has 7 nitrogen and oxygen atoms in total. The van der Waals surface area contributed by atoms with Crippen molar-refractivity contribution in [1.29, 1.82) is 0 Å². The van der Waals surface area contributed by atoms with Gasteiger partial charge in [0.1, 0.15) is 12.0 Å². The van der Waals surface area contributed by atoms with E-state index in [0.717, 1.165) is 30.7 Å². The first-order valence-corrected chi connectivity index (χ1v) is 10.3. The monoisotopic (exact) mass is 404 g/mol. The normalized spacial score (nSPS) is 26.8. The predicted octanol–water partition coefficient (Wildman–Crippen LogP) is 3.32.